The van der Waals surface area contributed by atoms with Gasteiger partial charge in [-0.2, -0.15) is 0 Å². The summed E-state index contributed by atoms with van der Waals surface area (Å²) in [6.07, 6.45) is 1.02. The number of halogens is 1. The SMILES string of the molecule is CCc1ccc(NI2CC(C)(C)Oc3ccc(C(=O)Nc4cccc(OCc5ccccc5)c4)cc32)cc1. The Hall–Kier alpha value is -3.52. The molecule has 5 nitrogen and oxygen atoms in total. The molecule has 0 bridgehead atoms. The van der Waals surface area contributed by atoms with Crippen molar-refractivity contribution in [1.82, 2.24) is 0 Å². The molecule has 0 fully saturated rings. The van der Waals surface area contributed by atoms with Gasteiger partial charge in [-0.25, -0.2) is 0 Å². The summed E-state index contributed by atoms with van der Waals surface area (Å²) in [5.74, 6) is 1.43. The van der Waals surface area contributed by atoms with Crippen molar-refractivity contribution >= 4 is 37.4 Å². The van der Waals surface area contributed by atoms with E-state index in [1.54, 1.807) is 0 Å². The summed E-state index contributed by atoms with van der Waals surface area (Å²) in [6.45, 7) is 6.90. The Labute approximate surface area is 232 Å². The van der Waals surface area contributed by atoms with E-state index in [9.17, 15) is 4.79 Å². The monoisotopic (exact) mass is 620 g/mol. The summed E-state index contributed by atoms with van der Waals surface area (Å²) >= 11 is -1.89. The van der Waals surface area contributed by atoms with Crippen LogP contribution in [0.4, 0.5) is 11.4 Å². The molecule has 0 saturated carbocycles. The molecule has 0 radical (unpaired) electrons. The molecule has 2 N–H and O–H groups in total. The fraction of sp³-hybridized carbons (Fsp3) is 0.219. The van der Waals surface area contributed by atoms with Gasteiger partial charge in [0.05, 0.1) is 0 Å². The van der Waals surface area contributed by atoms with Crippen LogP contribution in [0.1, 0.15) is 42.3 Å². The number of aryl methyl sites for hydroxylation is 1. The number of anilines is 2. The minimum atomic E-state index is -1.89. The number of rotatable bonds is 8. The number of hydrogen-bond acceptors (Lipinski definition) is 4. The minimum absolute atomic E-state index is 0.152. The Morgan fingerprint density at radius 3 is 2.45 bits per heavy atom. The van der Waals surface area contributed by atoms with Crippen molar-refractivity contribution in [3.63, 3.8) is 0 Å². The van der Waals surface area contributed by atoms with Crippen LogP contribution in [-0.4, -0.2) is 15.9 Å². The predicted molar refractivity (Wildman–Crippen MR) is 163 cm³/mol. The predicted octanol–water partition coefficient (Wildman–Crippen LogP) is 7.95. The van der Waals surface area contributed by atoms with Crippen molar-refractivity contribution in [3.8, 4) is 11.5 Å². The molecule has 5 rings (SSSR count). The van der Waals surface area contributed by atoms with E-state index in [4.69, 9.17) is 9.47 Å². The van der Waals surface area contributed by atoms with Gasteiger partial charge in [0, 0.05) is 0 Å². The van der Waals surface area contributed by atoms with Gasteiger partial charge in [-0.3, -0.25) is 0 Å². The second kappa shape index (κ2) is 11.5. The molecule has 38 heavy (non-hydrogen) atoms. The molecule has 4 aromatic rings. The average Bonchev–Trinajstić information content (AvgIpc) is 2.92. The van der Waals surface area contributed by atoms with E-state index < -0.39 is 20.1 Å². The van der Waals surface area contributed by atoms with Crippen molar-refractivity contribution in [2.45, 2.75) is 39.4 Å². The van der Waals surface area contributed by atoms with E-state index in [-0.39, 0.29) is 11.5 Å². The van der Waals surface area contributed by atoms with Crippen molar-refractivity contribution in [1.29, 1.82) is 0 Å². The Morgan fingerprint density at radius 2 is 1.68 bits per heavy atom. The first-order valence-corrected chi connectivity index (χ1v) is 16.5. The van der Waals surface area contributed by atoms with Gasteiger partial charge in [0.25, 0.3) is 0 Å². The fourth-order valence-electron chi connectivity index (χ4n) is 4.25. The quantitative estimate of drug-likeness (QED) is 0.119. The van der Waals surface area contributed by atoms with Gasteiger partial charge < -0.3 is 0 Å². The number of carbonyl (C=O) groups is 1. The molecule has 0 unspecified atom stereocenters. The first-order chi connectivity index (χ1) is 18.4. The number of alkyl halides is 1. The van der Waals surface area contributed by atoms with Crippen LogP contribution in [-0.2, 0) is 13.0 Å². The maximum absolute atomic E-state index is 13.3. The summed E-state index contributed by atoms with van der Waals surface area (Å²) in [5, 5.41) is 3.03. The third kappa shape index (κ3) is 6.48. The van der Waals surface area contributed by atoms with E-state index in [1.807, 2.05) is 72.8 Å². The molecule has 0 saturated heterocycles. The molecule has 1 amide bonds. The zero-order valence-electron chi connectivity index (χ0n) is 22.0. The van der Waals surface area contributed by atoms with Crippen molar-refractivity contribution in [3.05, 3.63) is 117 Å². The molecule has 0 atom stereocenters. The Kier molecular flexibility index (Phi) is 7.88. The van der Waals surface area contributed by atoms with E-state index >= 15 is 0 Å². The first kappa shape index (κ1) is 26.1. The maximum atomic E-state index is 13.3. The summed E-state index contributed by atoms with van der Waals surface area (Å²) in [6, 6.07) is 32.0. The molecular weight excluding hydrogens is 587 g/mol. The molecule has 4 aromatic carbocycles. The van der Waals surface area contributed by atoms with Crippen LogP contribution in [0, 0.1) is 3.57 Å². The second-order valence-corrected chi connectivity index (χ2v) is 14.4. The standard InChI is InChI=1S/C32H33IN2O3/c1-4-23-13-16-26(17-14-23)35-33-22-32(2,3)38-30-18-15-25(19-29(30)33)31(36)34-27-11-8-12-28(20-27)37-21-24-9-6-5-7-10-24/h5-20,35H,4,21-22H2,1-3H3,(H,34,36). The third-order valence-electron chi connectivity index (χ3n) is 6.21. The van der Waals surface area contributed by atoms with Crippen LogP contribution in [0.5, 0.6) is 11.5 Å². The summed E-state index contributed by atoms with van der Waals surface area (Å²) < 4.78 is 18.1. The Morgan fingerprint density at radius 1 is 0.895 bits per heavy atom. The van der Waals surface area contributed by atoms with Gasteiger partial charge in [-0.15, -0.1) is 0 Å². The number of fused-ring (bicyclic) bond motifs is 1. The zero-order valence-corrected chi connectivity index (χ0v) is 24.1. The van der Waals surface area contributed by atoms with Gasteiger partial charge in [-0.05, 0) is 0 Å². The zero-order chi connectivity index (χ0) is 26.5. The summed E-state index contributed by atoms with van der Waals surface area (Å²) in [4.78, 5) is 13.3. The van der Waals surface area contributed by atoms with Crippen LogP contribution in [0.3, 0.4) is 0 Å². The fourth-order valence-corrected chi connectivity index (χ4v) is 9.89. The number of ether oxygens (including phenoxy) is 2. The molecule has 1 aliphatic rings. The van der Waals surface area contributed by atoms with E-state index in [0.29, 0.717) is 23.6 Å². The molecule has 0 aliphatic carbocycles. The van der Waals surface area contributed by atoms with Crippen LogP contribution < -0.4 is 18.3 Å². The van der Waals surface area contributed by atoms with Gasteiger partial charge in [-0.1, -0.05) is 18.2 Å². The van der Waals surface area contributed by atoms with E-state index in [2.05, 4.69) is 53.9 Å². The van der Waals surface area contributed by atoms with Gasteiger partial charge in [0.1, 0.15) is 0 Å². The molecular formula is C32H33IN2O3. The Balaban J connectivity index is 1.32. The first-order valence-electron chi connectivity index (χ1n) is 12.8. The number of nitrogens with one attached hydrogen (secondary N) is 2. The topological polar surface area (TPSA) is 59.6 Å². The van der Waals surface area contributed by atoms with Crippen molar-refractivity contribution < 1.29 is 14.3 Å². The molecule has 1 aliphatic heterocycles. The average molecular weight is 621 g/mol. The number of carbonyl (C=O) groups excluding carboxylic acids is 1. The van der Waals surface area contributed by atoms with Crippen LogP contribution in [0.2, 0.25) is 0 Å². The Bertz CT molecular complexity index is 1400. The normalized spacial score (nSPS) is 14.7. The van der Waals surface area contributed by atoms with Crippen molar-refractivity contribution in [2.24, 2.45) is 0 Å². The number of amides is 1. The molecule has 0 spiro atoms. The summed E-state index contributed by atoms with van der Waals surface area (Å²) in [7, 11) is 0. The summed E-state index contributed by atoms with van der Waals surface area (Å²) in [5.41, 5.74) is 4.60. The molecule has 6 heteroatoms. The second-order valence-electron chi connectivity index (χ2n) is 9.90. The van der Waals surface area contributed by atoms with E-state index in [0.717, 1.165) is 31.4 Å². The van der Waals surface area contributed by atoms with Crippen LogP contribution in [0.15, 0.2) is 97.1 Å². The number of hydrogen-bond donors (Lipinski definition) is 2. The van der Waals surface area contributed by atoms with E-state index in [1.165, 1.54) is 5.56 Å². The van der Waals surface area contributed by atoms with Crippen molar-refractivity contribution in [2.75, 3.05) is 13.3 Å². The van der Waals surface area contributed by atoms with Gasteiger partial charge in [0.2, 0.25) is 0 Å². The molecule has 0 aromatic heterocycles. The molecule has 1 heterocycles. The van der Waals surface area contributed by atoms with Crippen LogP contribution >= 0.6 is 20.1 Å². The van der Waals surface area contributed by atoms with Gasteiger partial charge in [0.15, 0.2) is 0 Å². The van der Waals surface area contributed by atoms with Gasteiger partial charge >= 0.3 is 215 Å². The molecule has 196 valence electrons. The number of benzene rings is 4. The third-order valence-corrected chi connectivity index (χ3v) is 12.3. The van der Waals surface area contributed by atoms with Crippen LogP contribution in [0.25, 0.3) is 0 Å².